The number of carbonyl (C=O) groups excluding carboxylic acids is 1. The van der Waals surface area contributed by atoms with Crippen molar-refractivity contribution < 1.29 is 30.2 Å². The molecule has 1 amide bonds. The van der Waals surface area contributed by atoms with E-state index in [1.54, 1.807) is 29.2 Å². The van der Waals surface area contributed by atoms with Crippen LogP contribution in [0.5, 0.6) is 5.75 Å². The van der Waals surface area contributed by atoms with E-state index in [0.29, 0.717) is 49.0 Å². The Kier molecular flexibility index (Phi) is 8.49. The van der Waals surface area contributed by atoms with Crippen LogP contribution in [0.25, 0.3) is 10.9 Å². The van der Waals surface area contributed by atoms with Crippen molar-refractivity contribution in [3.05, 3.63) is 70.0 Å². The fraction of sp³-hybridized carbons (Fsp3) is 0.414. The smallest absolute Gasteiger partial charge is 0.435 e. The standard InChI is InChI=1S/C29H30F3N9O4/c1-19(18-45-12-7-24(42)38-8-10-39(11-9-38)28-34-14-21(13-33)15-35-28)41-23-16-36-40(17-20-3-5-22(44-2)6-4-20)27(43)25(23)26(37-41)29(30,31)32/h3-6,14-16,19H,7-12,17-18H2,1-2H3/i18D2. The Morgan fingerprint density at radius 3 is 2.44 bits per heavy atom. The van der Waals surface area contributed by atoms with E-state index in [1.165, 1.54) is 26.4 Å². The Labute approximate surface area is 258 Å². The van der Waals surface area contributed by atoms with Crippen molar-refractivity contribution >= 4 is 22.8 Å². The molecule has 16 heteroatoms. The third-order valence-corrected chi connectivity index (χ3v) is 7.20. The minimum Gasteiger partial charge on any atom is -0.497 e. The highest BCUT2D eigenvalue weighted by Crippen LogP contribution is 2.33. The van der Waals surface area contributed by atoms with Gasteiger partial charge in [0.25, 0.3) is 5.56 Å². The maximum absolute atomic E-state index is 14.1. The van der Waals surface area contributed by atoms with Gasteiger partial charge in [-0.2, -0.15) is 28.6 Å². The fourth-order valence-corrected chi connectivity index (χ4v) is 4.82. The molecule has 0 bridgehead atoms. The van der Waals surface area contributed by atoms with Gasteiger partial charge < -0.3 is 19.3 Å². The number of fused-ring (bicyclic) bond motifs is 1. The van der Waals surface area contributed by atoms with Crippen LogP contribution in [0.15, 0.2) is 47.7 Å². The Bertz CT molecular complexity index is 1830. The number of methoxy groups -OCH3 is 1. The molecule has 45 heavy (non-hydrogen) atoms. The van der Waals surface area contributed by atoms with Crippen molar-refractivity contribution in [3.8, 4) is 11.8 Å². The summed E-state index contributed by atoms with van der Waals surface area (Å²) in [7, 11) is 1.49. The van der Waals surface area contributed by atoms with E-state index in [-0.39, 0.29) is 31.0 Å². The Morgan fingerprint density at radius 1 is 1.13 bits per heavy atom. The van der Waals surface area contributed by atoms with Crippen LogP contribution in [0.1, 0.15) is 38.9 Å². The van der Waals surface area contributed by atoms with Crippen LogP contribution in [-0.2, 0) is 22.3 Å². The highest BCUT2D eigenvalue weighted by atomic mass is 19.4. The molecule has 1 atom stereocenters. The number of aromatic nitrogens is 6. The molecule has 4 aromatic rings. The third kappa shape index (κ3) is 7.04. The average Bonchev–Trinajstić information content (AvgIpc) is 3.47. The number of carbonyl (C=O) groups is 1. The Balaban J connectivity index is 1.25. The molecule has 5 rings (SSSR count). The summed E-state index contributed by atoms with van der Waals surface area (Å²) in [5, 5.41) is 15.8. The molecular weight excluding hydrogens is 595 g/mol. The number of ether oxygens (including phenoxy) is 2. The number of halogens is 3. The van der Waals surface area contributed by atoms with Gasteiger partial charge >= 0.3 is 6.18 Å². The molecule has 4 heterocycles. The first-order valence-electron chi connectivity index (χ1n) is 14.9. The van der Waals surface area contributed by atoms with Crippen LogP contribution in [0.4, 0.5) is 19.1 Å². The van der Waals surface area contributed by atoms with Crippen LogP contribution < -0.4 is 15.2 Å². The number of rotatable bonds is 10. The minimum atomic E-state index is -5.02. The number of nitrogens with zero attached hydrogens (tertiary/aromatic N) is 9. The van der Waals surface area contributed by atoms with Gasteiger partial charge in [0.05, 0.1) is 71.7 Å². The van der Waals surface area contributed by atoms with Gasteiger partial charge in [0.15, 0.2) is 5.69 Å². The van der Waals surface area contributed by atoms with Crippen LogP contribution >= 0.6 is 0 Å². The van der Waals surface area contributed by atoms with Crippen LogP contribution in [0.2, 0.25) is 0 Å². The quantitative estimate of drug-likeness (QED) is 0.257. The first-order chi connectivity index (χ1) is 22.3. The van der Waals surface area contributed by atoms with Gasteiger partial charge in [-0.15, -0.1) is 0 Å². The lowest BCUT2D eigenvalue weighted by Crippen LogP contribution is -2.49. The predicted octanol–water partition coefficient (Wildman–Crippen LogP) is 2.65. The van der Waals surface area contributed by atoms with Gasteiger partial charge in [-0.25, -0.2) is 14.6 Å². The number of piperazine rings is 1. The van der Waals surface area contributed by atoms with Crippen LogP contribution in [0, 0.1) is 11.3 Å². The maximum atomic E-state index is 14.1. The normalized spacial score (nSPS) is 15.4. The zero-order valence-corrected chi connectivity index (χ0v) is 24.4. The second kappa shape index (κ2) is 13.3. The number of amides is 1. The topological polar surface area (TPSA) is 144 Å². The van der Waals surface area contributed by atoms with Gasteiger partial charge in [0.1, 0.15) is 17.2 Å². The summed E-state index contributed by atoms with van der Waals surface area (Å²) in [6.45, 7) is -0.185. The first kappa shape index (κ1) is 28.7. The molecule has 13 nitrogen and oxygen atoms in total. The molecule has 1 saturated heterocycles. The molecule has 1 aliphatic heterocycles. The molecule has 0 saturated carbocycles. The van der Waals surface area contributed by atoms with Crippen molar-refractivity contribution in [1.82, 2.24) is 34.4 Å². The highest BCUT2D eigenvalue weighted by molar-refractivity contribution is 5.81. The molecule has 1 aliphatic rings. The number of alkyl halides is 3. The van der Waals surface area contributed by atoms with Gasteiger partial charge in [-0.05, 0) is 24.6 Å². The van der Waals surface area contributed by atoms with Crippen molar-refractivity contribution in [2.45, 2.75) is 32.1 Å². The largest absolute Gasteiger partial charge is 0.497 e. The van der Waals surface area contributed by atoms with Gasteiger partial charge in [0.2, 0.25) is 11.9 Å². The zero-order valence-electron chi connectivity index (χ0n) is 26.4. The van der Waals surface area contributed by atoms with Crippen LogP contribution in [0.3, 0.4) is 0 Å². The van der Waals surface area contributed by atoms with E-state index in [4.69, 9.17) is 17.5 Å². The molecule has 0 N–H and O–H groups in total. The van der Waals surface area contributed by atoms with E-state index in [1.807, 2.05) is 11.0 Å². The van der Waals surface area contributed by atoms with E-state index < -0.39 is 35.4 Å². The number of hydrogen-bond acceptors (Lipinski definition) is 10. The lowest BCUT2D eigenvalue weighted by molar-refractivity contribution is -0.140. The molecule has 1 aromatic carbocycles. The van der Waals surface area contributed by atoms with Crippen molar-refractivity contribution in [3.63, 3.8) is 0 Å². The van der Waals surface area contributed by atoms with Crippen molar-refractivity contribution in [2.75, 3.05) is 51.4 Å². The fourth-order valence-electron chi connectivity index (χ4n) is 4.82. The van der Waals surface area contributed by atoms with E-state index >= 15 is 0 Å². The number of nitriles is 1. The van der Waals surface area contributed by atoms with E-state index in [2.05, 4.69) is 20.2 Å². The maximum Gasteiger partial charge on any atom is 0.435 e. The summed E-state index contributed by atoms with van der Waals surface area (Å²) in [5.41, 5.74) is -1.89. The summed E-state index contributed by atoms with van der Waals surface area (Å²) in [6, 6.07) is 7.10. The molecule has 0 radical (unpaired) electrons. The van der Waals surface area contributed by atoms with Gasteiger partial charge in [-0.3, -0.25) is 14.3 Å². The van der Waals surface area contributed by atoms with Crippen molar-refractivity contribution in [2.24, 2.45) is 0 Å². The van der Waals surface area contributed by atoms with E-state index in [0.717, 1.165) is 15.6 Å². The second-order valence-corrected chi connectivity index (χ2v) is 10.2. The molecular formula is C29H30F3N9O4. The molecule has 236 valence electrons. The highest BCUT2D eigenvalue weighted by Gasteiger charge is 2.39. The van der Waals surface area contributed by atoms with E-state index in [9.17, 15) is 22.8 Å². The molecule has 0 spiro atoms. The molecule has 1 unspecified atom stereocenters. The number of hydrogen-bond donors (Lipinski definition) is 0. The SMILES string of the molecule is [2H]C([2H])(OCCC(=O)N1CCN(c2ncc(C#N)cn2)CC1)C(C)n1nc(C(F)(F)F)c2c(=O)n(Cc3ccc(OC)cc3)ncc21. The number of benzene rings is 1. The predicted molar refractivity (Wildman–Crippen MR) is 155 cm³/mol. The molecule has 0 aliphatic carbocycles. The number of anilines is 1. The van der Waals surface area contributed by atoms with Crippen LogP contribution in [-0.4, -0.2) is 86.8 Å². The summed E-state index contributed by atoms with van der Waals surface area (Å²) in [6.07, 6.45) is -1.32. The zero-order chi connectivity index (χ0) is 33.9. The second-order valence-electron chi connectivity index (χ2n) is 10.2. The lowest BCUT2D eigenvalue weighted by atomic mass is 10.2. The lowest BCUT2D eigenvalue weighted by Gasteiger charge is -2.34. The summed E-state index contributed by atoms with van der Waals surface area (Å²) >= 11 is 0. The Hall–Kier alpha value is -5.04. The Morgan fingerprint density at radius 2 is 1.82 bits per heavy atom. The third-order valence-electron chi connectivity index (χ3n) is 7.20. The first-order valence-corrected chi connectivity index (χ1v) is 13.9. The molecule has 3 aromatic heterocycles. The summed E-state index contributed by atoms with van der Waals surface area (Å²) in [5.74, 6) is 0.710. The monoisotopic (exact) mass is 627 g/mol. The summed E-state index contributed by atoms with van der Waals surface area (Å²) in [4.78, 5) is 37.9. The minimum absolute atomic E-state index is 0.118. The summed E-state index contributed by atoms with van der Waals surface area (Å²) < 4.78 is 71.3. The average molecular weight is 628 g/mol. The van der Waals surface area contributed by atoms with Crippen molar-refractivity contribution in [1.29, 1.82) is 5.26 Å². The molecule has 1 fully saturated rings. The van der Waals surface area contributed by atoms with Gasteiger partial charge in [-0.1, -0.05) is 12.1 Å². The van der Waals surface area contributed by atoms with Gasteiger partial charge in [0, 0.05) is 26.2 Å².